The Morgan fingerprint density at radius 2 is 2.00 bits per heavy atom. The van der Waals surface area contributed by atoms with Gasteiger partial charge in [0.1, 0.15) is 18.0 Å². The van der Waals surface area contributed by atoms with E-state index in [1.807, 2.05) is 0 Å². The molecule has 2 atom stereocenters. The minimum Gasteiger partial charge on any atom is -0.394 e. The van der Waals surface area contributed by atoms with E-state index in [1.165, 1.54) is 18.2 Å². The highest BCUT2D eigenvalue weighted by Crippen LogP contribution is 2.21. The highest BCUT2D eigenvalue weighted by Gasteiger charge is 2.19. The first-order valence-electron chi connectivity index (χ1n) is 4.29. The summed E-state index contributed by atoms with van der Waals surface area (Å²) < 4.78 is 12.7. The molecule has 0 aliphatic carbocycles. The predicted molar refractivity (Wildman–Crippen MR) is 49.2 cm³/mol. The number of halogens is 1. The summed E-state index contributed by atoms with van der Waals surface area (Å²) in [5.74, 6) is -0.392. The Morgan fingerprint density at radius 1 is 1.36 bits per heavy atom. The quantitative estimate of drug-likeness (QED) is 0.666. The van der Waals surface area contributed by atoms with Gasteiger partial charge >= 0.3 is 0 Å². The normalized spacial score (nSPS) is 15.2. The Labute approximate surface area is 81.4 Å². The number of rotatable bonds is 3. The van der Waals surface area contributed by atoms with Gasteiger partial charge in [0.2, 0.25) is 0 Å². The molecular weight excluding hydrogens is 187 g/mol. The lowest BCUT2D eigenvalue weighted by Crippen LogP contribution is -2.22. The van der Waals surface area contributed by atoms with Crippen LogP contribution in [-0.4, -0.2) is 28.0 Å². The van der Waals surface area contributed by atoms with Crippen molar-refractivity contribution >= 4 is 0 Å². The molecule has 1 aromatic carbocycles. The fraction of sp³-hybridized carbons (Fsp3) is 0.400. The average Bonchev–Trinajstić information content (AvgIpc) is 2.15. The van der Waals surface area contributed by atoms with Gasteiger partial charge < -0.3 is 15.3 Å². The van der Waals surface area contributed by atoms with Crippen LogP contribution in [0.15, 0.2) is 18.2 Å². The topological polar surface area (TPSA) is 60.7 Å². The molecular formula is C10H13FO3. The van der Waals surface area contributed by atoms with Crippen molar-refractivity contribution in [1.82, 2.24) is 0 Å². The van der Waals surface area contributed by atoms with Gasteiger partial charge in [0.05, 0.1) is 6.61 Å². The summed E-state index contributed by atoms with van der Waals surface area (Å²) >= 11 is 0. The maximum atomic E-state index is 12.7. The van der Waals surface area contributed by atoms with E-state index in [-0.39, 0.29) is 0 Å². The molecule has 0 saturated heterocycles. The van der Waals surface area contributed by atoms with Gasteiger partial charge in [-0.25, -0.2) is 4.39 Å². The van der Waals surface area contributed by atoms with Crippen LogP contribution in [-0.2, 0) is 0 Å². The minimum absolute atomic E-state index is 0.392. The second-order valence-corrected chi connectivity index (χ2v) is 3.20. The summed E-state index contributed by atoms with van der Waals surface area (Å²) in [5.41, 5.74) is 0.970. The van der Waals surface area contributed by atoms with Crippen LogP contribution in [0.4, 0.5) is 4.39 Å². The van der Waals surface area contributed by atoms with Crippen LogP contribution in [0.1, 0.15) is 17.2 Å². The highest BCUT2D eigenvalue weighted by atomic mass is 19.1. The standard InChI is InChI=1S/C10H13FO3/c1-6-4-7(11)2-3-8(6)10(14)9(13)5-12/h2-4,9-10,12-14H,5H2,1H3. The van der Waals surface area contributed by atoms with Gasteiger partial charge in [-0.15, -0.1) is 0 Å². The average molecular weight is 200 g/mol. The molecule has 4 heteroatoms. The second kappa shape index (κ2) is 4.50. The molecule has 0 saturated carbocycles. The Bertz CT molecular complexity index is 314. The third-order valence-electron chi connectivity index (χ3n) is 2.10. The summed E-state index contributed by atoms with van der Waals surface area (Å²) in [7, 11) is 0. The molecule has 0 heterocycles. The molecule has 0 aliphatic heterocycles. The Hall–Kier alpha value is -0.970. The molecule has 0 aliphatic rings. The molecule has 14 heavy (non-hydrogen) atoms. The van der Waals surface area contributed by atoms with E-state index in [4.69, 9.17) is 5.11 Å². The Morgan fingerprint density at radius 3 is 2.50 bits per heavy atom. The van der Waals surface area contributed by atoms with E-state index in [2.05, 4.69) is 0 Å². The van der Waals surface area contributed by atoms with E-state index in [9.17, 15) is 14.6 Å². The van der Waals surface area contributed by atoms with Crippen LogP contribution < -0.4 is 0 Å². The maximum absolute atomic E-state index is 12.7. The van der Waals surface area contributed by atoms with Crippen LogP contribution in [0, 0.1) is 12.7 Å². The van der Waals surface area contributed by atoms with Crippen LogP contribution in [0.2, 0.25) is 0 Å². The first-order valence-corrected chi connectivity index (χ1v) is 4.29. The zero-order chi connectivity index (χ0) is 10.7. The van der Waals surface area contributed by atoms with Crippen LogP contribution in [0.25, 0.3) is 0 Å². The van der Waals surface area contributed by atoms with Crippen molar-refractivity contribution in [2.75, 3.05) is 6.61 Å². The summed E-state index contributed by atoms with van der Waals surface area (Å²) in [6, 6.07) is 3.87. The molecule has 0 fully saturated rings. The lowest BCUT2D eigenvalue weighted by Gasteiger charge is -2.17. The first kappa shape index (κ1) is 11.1. The third-order valence-corrected chi connectivity index (χ3v) is 2.10. The van der Waals surface area contributed by atoms with Crippen molar-refractivity contribution < 1.29 is 19.7 Å². The fourth-order valence-electron chi connectivity index (χ4n) is 1.28. The van der Waals surface area contributed by atoms with Gasteiger partial charge in [-0.2, -0.15) is 0 Å². The van der Waals surface area contributed by atoms with Crippen LogP contribution >= 0.6 is 0 Å². The van der Waals surface area contributed by atoms with E-state index < -0.39 is 24.6 Å². The number of hydrogen-bond acceptors (Lipinski definition) is 3. The lowest BCUT2D eigenvalue weighted by molar-refractivity contribution is -0.0155. The molecule has 0 bridgehead atoms. The number of aliphatic hydroxyl groups is 3. The molecule has 0 radical (unpaired) electrons. The van der Waals surface area contributed by atoms with Crippen molar-refractivity contribution in [3.63, 3.8) is 0 Å². The lowest BCUT2D eigenvalue weighted by atomic mass is 10.00. The van der Waals surface area contributed by atoms with Crippen molar-refractivity contribution in [3.8, 4) is 0 Å². The van der Waals surface area contributed by atoms with Gasteiger partial charge in [-0.1, -0.05) is 6.07 Å². The van der Waals surface area contributed by atoms with E-state index >= 15 is 0 Å². The SMILES string of the molecule is Cc1cc(F)ccc1C(O)C(O)CO. The Kier molecular flexibility index (Phi) is 3.57. The second-order valence-electron chi connectivity index (χ2n) is 3.20. The third kappa shape index (κ3) is 2.29. The molecule has 1 rings (SSSR count). The summed E-state index contributed by atoms with van der Waals surface area (Å²) in [4.78, 5) is 0. The molecule has 1 aromatic rings. The van der Waals surface area contributed by atoms with Gasteiger partial charge in [0, 0.05) is 0 Å². The van der Waals surface area contributed by atoms with Gasteiger partial charge in [-0.3, -0.25) is 0 Å². The van der Waals surface area contributed by atoms with E-state index in [1.54, 1.807) is 6.92 Å². The van der Waals surface area contributed by atoms with E-state index in [0.717, 1.165) is 0 Å². The van der Waals surface area contributed by atoms with Gasteiger partial charge in [-0.05, 0) is 30.2 Å². The Balaban J connectivity index is 2.95. The molecule has 0 aromatic heterocycles. The van der Waals surface area contributed by atoms with Crippen LogP contribution in [0.3, 0.4) is 0 Å². The number of benzene rings is 1. The zero-order valence-corrected chi connectivity index (χ0v) is 7.81. The smallest absolute Gasteiger partial charge is 0.123 e. The number of hydrogen-bond donors (Lipinski definition) is 3. The predicted octanol–water partition coefficient (Wildman–Crippen LogP) is 0.521. The van der Waals surface area contributed by atoms with E-state index in [0.29, 0.717) is 11.1 Å². The summed E-state index contributed by atoms with van der Waals surface area (Å²) in [6.45, 7) is 1.10. The zero-order valence-electron chi connectivity index (χ0n) is 7.81. The largest absolute Gasteiger partial charge is 0.394 e. The van der Waals surface area contributed by atoms with Crippen molar-refractivity contribution in [1.29, 1.82) is 0 Å². The molecule has 3 nitrogen and oxygen atoms in total. The molecule has 3 N–H and O–H groups in total. The molecule has 2 unspecified atom stereocenters. The van der Waals surface area contributed by atoms with Gasteiger partial charge in [0.15, 0.2) is 0 Å². The minimum atomic E-state index is -1.24. The number of aliphatic hydroxyl groups excluding tert-OH is 3. The summed E-state index contributed by atoms with van der Waals surface area (Å²) in [5, 5.41) is 27.3. The summed E-state index contributed by atoms with van der Waals surface area (Å²) in [6.07, 6.45) is -2.42. The fourth-order valence-corrected chi connectivity index (χ4v) is 1.28. The van der Waals surface area contributed by atoms with Crippen LogP contribution in [0.5, 0.6) is 0 Å². The monoisotopic (exact) mass is 200 g/mol. The van der Waals surface area contributed by atoms with Gasteiger partial charge in [0.25, 0.3) is 0 Å². The van der Waals surface area contributed by atoms with Crippen molar-refractivity contribution in [2.24, 2.45) is 0 Å². The maximum Gasteiger partial charge on any atom is 0.123 e. The molecule has 0 amide bonds. The van der Waals surface area contributed by atoms with Crippen molar-refractivity contribution in [3.05, 3.63) is 35.1 Å². The molecule has 0 spiro atoms. The number of aryl methyl sites for hydroxylation is 1. The van der Waals surface area contributed by atoms with Crippen molar-refractivity contribution in [2.45, 2.75) is 19.1 Å². The highest BCUT2D eigenvalue weighted by molar-refractivity contribution is 5.29. The first-order chi connectivity index (χ1) is 6.56. The molecule has 78 valence electrons.